The summed E-state index contributed by atoms with van der Waals surface area (Å²) in [5.41, 5.74) is 2.98. The van der Waals surface area contributed by atoms with Gasteiger partial charge in [0.15, 0.2) is 0 Å². The Morgan fingerprint density at radius 1 is 1.00 bits per heavy atom. The van der Waals surface area contributed by atoms with E-state index < -0.39 is 5.97 Å². The number of benzene rings is 2. The highest BCUT2D eigenvalue weighted by atomic mass is 16.4. The molecule has 1 saturated carbocycles. The summed E-state index contributed by atoms with van der Waals surface area (Å²) in [5, 5.41) is 12.2. The molecule has 0 unspecified atom stereocenters. The first-order valence-corrected chi connectivity index (χ1v) is 10.2. The van der Waals surface area contributed by atoms with E-state index in [4.69, 9.17) is 10.1 Å². The van der Waals surface area contributed by atoms with Crippen LogP contribution in [0.1, 0.15) is 37.9 Å². The van der Waals surface area contributed by atoms with Gasteiger partial charge in [0, 0.05) is 24.6 Å². The molecule has 2 N–H and O–H groups in total. The third-order valence-electron chi connectivity index (χ3n) is 5.66. The Morgan fingerprint density at radius 2 is 1.69 bits per heavy atom. The van der Waals surface area contributed by atoms with Crippen molar-refractivity contribution in [1.29, 1.82) is 0 Å². The average molecular weight is 391 g/mol. The van der Waals surface area contributed by atoms with Gasteiger partial charge in [-0.3, -0.25) is 14.2 Å². The first-order chi connectivity index (χ1) is 14.1. The summed E-state index contributed by atoms with van der Waals surface area (Å²) in [7, 11) is 0. The molecule has 6 heteroatoms. The van der Waals surface area contributed by atoms with Crippen LogP contribution in [0.2, 0.25) is 0 Å². The summed E-state index contributed by atoms with van der Waals surface area (Å²) >= 11 is 0. The number of aliphatic carboxylic acids is 1. The summed E-state index contributed by atoms with van der Waals surface area (Å²) in [6.45, 7) is 0. The van der Waals surface area contributed by atoms with Gasteiger partial charge >= 0.3 is 5.97 Å². The lowest BCUT2D eigenvalue weighted by Crippen LogP contribution is -2.38. The molecule has 1 aliphatic rings. The Bertz CT molecular complexity index is 1000. The number of amides is 1. The van der Waals surface area contributed by atoms with Crippen LogP contribution < -0.4 is 5.32 Å². The minimum Gasteiger partial charge on any atom is -0.481 e. The van der Waals surface area contributed by atoms with Crippen LogP contribution in [0, 0.1) is 5.92 Å². The Labute approximate surface area is 169 Å². The SMILES string of the molecule is O=C(CCc1nc2ccccc2n1-c1ccccc1)NC1CCC(C(=O)O)CC1. The molecule has 0 spiro atoms. The van der Waals surface area contributed by atoms with E-state index >= 15 is 0 Å². The molecule has 0 aliphatic heterocycles. The molecule has 0 radical (unpaired) electrons. The zero-order valence-corrected chi connectivity index (χ0v) is 16.3. The van der Waals surface area contributed by atoms with Crippen LogP contribution in [0.25, 0.3) is 16.7 Å². The van der Waals surface area contributed by atoms with Gasteiger partial charge in [0.05, 0.1) is 17.0 Å². The third kappa shape index (κ3) is 4.31. The van der Waals surface area contributed by atoms with Crippen LogP contribution in [0.4, 0.5) is 0 Å². The third-order valence-corrected chi connectivity index (χ3v) is 5.66. The average Bonchev–Trinajstić information content (AvgIpc) is 3.12. The molecule has 29 heavy (non-hydrogen) atoms. The van der Waals surface area contributed by atoms with Gasteiger partial charge in [0.25, 0.3) is 0 Å². The summed E-state index contributed by atoms with van der Waals surface area (Å²) in [4.78, 5) is 28.3. The van der Waals surface area contributed by atoms with Crippen LogP contribution in [0.3, 0.4) is 0 Å². The molecular weight excluding hydrogens is 366 g/mol. The van der Waals surface area contributed by atoms with E-state index in [9.17, 15) is 9.59 Å². The molecule has 1 fully saturated rings. The number of hydrogen-bond donors (Lipinski definition) is 2. The van der Waals surface area contributed by atoms with Crippen molar-refractivity contribution in [3.63, 3.8) is 0 Å². The molecule has 0 atom stereocenters. The first kappa shape index (κ1) is 19.2. The molecule has 0 bridgehead atoms. The largest absolute Gasteiger partial charge is 0.481 e. The van der Waals surface area contributed by atoms with Gasteiger partial charge < -0.3 is 10.4 Å². The van der Waals surface area contributed by atoms with Crippen molar-refractivity contribution in [2.45, 2.75) is 44.6 Å². The number of imidazole rings is 1. The van der Waals surface area contributed by atoms with Crippen molar-refractivity contribution >= 4 is 22.9 Å². The standard InChI is InChI=1S/C23H25N3O3/c27-22(24-17-12-10-16(11-13-17)23(28)29)15-14-21-25-19-8-4-5-9-20(19)26(21)18-6-2-1-3-7-18/h1-9,16-17H,10-15H2,(H,24,27)(H,28,29). The molecule has 6 nitrogen and oxygen atoms in total. The number of carbonyl (C=O) groups excluding carboxylic acids is 1. The minimum atomic E-state index is -0.727. The number of hydrogen-bond acceptors (Lipinski definition) is 3. The van der Waals surface area contributed by atoms with Crippen molar-refractivity contribution in [1.82, 2.24) is 14.9 Å². The molecule has 3 aromatic rings. The highest BCUT2D eigenvalue weighted by Gasteiger charge is 2.26. The molecule has 1 heterocycles. The van der Waals surface area contributed by atoms with Crippen molar-refractivity contribution in [2.24, 2.45) is 5.92 Å². The summed E-state index contributed by atoms with van der Waals surface area (Å²) in [5.74, 6) is -0.138. The van der Waals surface area contributed by atoms with E-state index in [1.165, 1.54) is 0 Å². The summed E-state index contributed by atoms with van der Waals surface area (Å²) < 4.78 is 2.11. The maximum absolute atomic E-state index is 12.5. The highest BCUT2D eigenvalue weighted by molar-refractivity contribution is 5.79. The van der Waals surface area contributed by atoms with Crippen LogP contribution in [-0.2, 0) is 16.0 Å². The van der Waals surface area contributed by atoms with E-state index in [0.29, 0.717) is 25.7 Å². The van der Waals surface area contributed by atoms with Crippen LogP contribution in [0.15, 0.2) is 54.6 Å². The number of aryl methyl sites for hydroxylation is 1. The number of aromatic nitrogens is 2. The van der Waals surface area contributed by atoms with Crippen LogP contribution in [-0.4, -0.2) is 32.6 Å². The maximum Gasteiger partial charge on any atom is 0.306 e. The van der Waals surface area contributed by atoms with E-state index in [2.05, 4.69) is 9.88 Å². The smallest absolute Gasteiger partial charge is 0.306 e. The molecule has 4 rings (SSSR count). The van der Waals surface area contributed by atoms with Crippen molar-refractivity contribution in [3.05, 3.63) is 60.4 Å². The van der Waals surface area contributed by atoms with E-state index in [0.717, 1.165) is 35.4 Å². The Morgan fingerprint density at radius 3 is 2.41 bits per heavy atom. The van der Waals surface area contributed by atoms with Gasteiger partial charge in [0.1, 0.15) is 5.82 Å². The number of nitrogens with zero attached hydrogens (tertiary/aromatic N) is 2. The summed E-state index contributed by atoms with van der Waals surface area (Å²) in [6, 6.07) is 18.1. The molecule has 0 saturated heterocycles. The fourth-order valence-corrected chi connectivity index (χ4v) is 4.12. The van der Waals surface area contributed by atoms with Gasteiger partial charge in [-0.1, -0.05) is 30.3 Å². The zero-order valence-electron chi connectivity index (χ0n) is 16.3. The highest BCUT2D eigenvalue weighted by Crippen LogP contribution is 2.25. The fourth-order valence-electron chi connectivity index (χ4n) is 4.12. The second-order valence-electron chi connectivity index (χ2n) is 7.64. The molecular formula is C23H25N3O3. The van der Waals surface area contributed by atoms with Gasteiger partial charge in [-0.05, 0) is 49.9 Å². The van der Waals surface area contributed by atoms with Crippen LogP contribution >= 0.6 is 0 Å². The Balaban J connectivity index is 1.43. The number of nitrogens with one attached hydrogen (secondary N) is 1. The molecule has 1 amide bonds. The van der Waals surface area contributed by atoms with Crippen molar-refractivity contribution in [3.8, 4) is 5.69 Å². The van der Waals surface area contributed by atoms with Crippen molar-refractivity contribution in [2.75, 3.05) is 0 Å². The number of fused-ring (bicyclic) bond motifs is 1. The predicted molar refractivity (Wildman–Crippen MR) is 111 cm³/mol. The predicted octanol–water partition coefficient (Wildman–Crippen LogP) is 3.72. The normalized spacial score (nSPS) is 19.2. The lowest BCUT2D eigenvalue weighted by atomic mass is 9.86. The Hall–Kier alpha value is -3.15. The molecule has 1 aromatic heterocycles. The summed E-state index contributed by atoms with van der Waals surface area (Å²) in [6.07, 6.45) is 3.61. The van der Waals surface area contributed by atoms with E-state index in [-0.39, 0.29) is 17.9 Å². The topological polar surface area (TPSA) is 84.2 Å². The van der Waals surface area contributed by atoms with E-state index in [1.54, 1.807) is 0 Å². The van der Waals surface area contributed by atoms with Gasteiger partial charge in [-0.15, -0.1) is 0 Å². The number of rotatable bonds is 6. The number of carboxylic acid groups (broad SMARTS) is 1. The second kappa shape index (κ2) is 8.47. The lowest BCUT2D eigenvalue weighted by molar-refractivity contribution is -0.142. The van der Waals surface area contributed by atoms with Crippen LogP contribution in [0.5, 0.6) is 0 Å². The second-order valence-corrected chi connectivity index (χ2v) is 7.64. The zero-order chi connectivity index (χ0) is 20.2. The lowest BCUT2D eigenvalue weighted by Gasteiger charge is -2.26. The molecule has 150 valence electrons. The van der Waals surface area contributed by atoms with Gasteiger partial charge in [-0.25, -0.2) is 4.98 Å². The number of para-hydroxylation sites is 3. The Kier molecular flexibility index (Phi) is 5.60. The first-order valence-electron chi connectivity index (χ1n) is 10.2. The van der Waals surface area contributed by atoms with Crippen molar-refractivity contribution < 1.29 is 14.7 Å². The molecule has 2 aromatic carbocycles. The molecule has 1 aliphatic carbocycles. The monoisotopic (exact) mass is 391 g/mol. The maximum atomic E-state index is 12.5. The quantitative estimate of drug-likeness (QED) is 0.671. The number of carboxylic acids is 1. The number of carbonyl (C=O) groups is 2. The van der Waals surface area contributed by atoms with E-state index in [1.807, 2.05) is 54.6 Å². The minimum absolute atomic E-state index is 0.00422. The van der Waals surface area contributed by atoms with Gasteiger partial charge in [-0.2, -0.15) is 0 Å². The fraction of sp³-hybridized carbons (Fsp3) is 0.348. The van der Waals surface area contributed by atoms with Gasteiger partial charge in [0.2, 0.25) is 5.91 Å².